The number of fused-ring (bicyclic) bond motifs is 1. The monoisotopic (exact) mass is 204 g/mol. The topological polar surface area (TPSA) is 75.3 Å². The molecule has 1 amide bonds. The molecule has 4 heteroatoms. The van der Waals surface area contributed by atoms with Crippen molar-refractivity contribution in [3.8, 4) is 5.75 Å². The number of hydrogen-bond acceptors (Lipinski definition) is 3. The maximum atomic E-state index is 11.2. The van der Waals surface area contributed by atoms with Gasteiger partial charge in [-0.3, -0.25) is 4.79 Å². The van der Waals surface area contributed by atoms with Crippen LogP contribution in [0.15, 0.2) is 24.8 Å². The number of benzene rings is 1. The molecule has 0 bridgehead atoms. The first-order valence-electron chi connectivity index (χ1n) is 4.66. The Morgan fingerprint density at radius 3 is 3.00 bits per heavy atom. The zero-order chi connectivity index (χ0) is 11.0. The summed E-state index contributed by atoms with van der Waals surface area (Å²) >= 11 is 0. The molecule has 0 aliphatic carbocycles. The van der Waals surface area contributed by atoms with E-state index in [1.807, 2.05) is 0 Å². The minimum Gasteiger partial charge on any atom is -0.506 e. The second kappa shape index (κ2) is 3.40. The van der Waals surface area contributed by atoms with Gasteiger partial charge in [-0.1, -0.05) is 12.1 Å². The van der Waals surface area contributed by atoms with Gasteiger partial charge in [-0.05, 0) is 17.2 Å². The number of hydrogen-bond donors (Lipinski definition) is 3. The zero-order valence-corrected chi connectivity index (χ0v) is 8.16. The van der Waals surface area contributed by atoms with E-state index >= 15 is 0 Å². The summed E-state index contributed by atoms with van der Waals surface area (Å²) in [5.74, 6) is -0.0418. The number of nitrogens with two attached hydrogens (primary N) is 1. The number of anilines is 1. The van der Waals surface area contributed by atoms with Crippen molar-refractivity contribution in [3.05, 3.63) is 35.9 Å². The van der Waals surface area contributed by atoms with Crippen LogP contribution in [0.2, 0.25) is 0 Å². The Morgan fingerprint density at radius 2 is 2.33 bits per heavy atom. The van der Waals surface area contributed by atoms with Crippen molar-refractivity contribution in [2.75, 3.05) is 5.32 Å². The van der Waals surface area contributed by atoms with Crippen molar-refractivity contribution in [3.63, 3.8) is 0 Å². The smallest absolute Gasteiger partial charge is 0.228 e. The summed E-state index contributed by atoms with van der Waals surface area (Å²) in [5, 5.41) is 12.2. The van der Waals surface area contributed by atoms with Crippen molar-refractivity contribution in [2.45, 2.75) is 12.5 Å². The van der Waals surface area contributed by atoms with E-state index in [0.29, 0.717) is 5.69 Å². The van der Waals surface area contributed by atoms with Gasteiger partial charge in [0.25, 0.3) is 0 Å². The molecule has 4 N–H and O–H groups in total. The van der Waals surface area contributed by atoms with Gasteiger partial charge in [-0.2, -0.15) is 0 Å². The van der Waals surface area contributed by atoms with Crippen LogP contribution >= 0.6 is 0 Å². The Morgan fingerprint density at radius 1 is 1.60 bits per heavy atom. The second-order valence-corrected chi connectivity index (χ2v) is 3.51. The molecule has 1 aromatic carbocycles. The van der Waals surface area contributed by atoms with E-state index in [9.17, 15) is 9.90 Å². The van der Waals surface area contributed by atoms with Gasteiger partial charge in [-0.15, -0.1) is 6.58 Å². The molecule has 0 saturated carbocycles. The van der Waals surface area contributed by atoms with E-state index in [2.05, 4.69) is 11.9 Å². The summed E-state index contributed by atoms with van der Waals surface area (Å²) in [7, 11) is 0. The number of amides is 1. The van der Waals surface area contributed by atoms with Gasteiger partial charge in [-0.25, -0.2) is 0 Å². The highest BCUT2D eigenvalue weighted by Crippen LogP contribution is 2.36. The lowest BCUT2D eigenvalue weighted by molar-refractivity contribution is -0.115. The first-order valence-corrected chi connectivity index (χ1v) is 4.66. The lowest BCUT2D eigenvalue weighted by Crippen LogP contribution is -2.09. The average molecular weight is 204 g/mol. The van der Waals surface area contributed by atoms with E-state index < -0.39 is 0 Å². The van der Waals surface area contributed by atoms with Gasteiger partial charge in [0.2, 0.25) is 5.91 Å². The van der Waals surface area contributed by atoms with Crippen LogP contribution in [0.5, 0.6) is 5.75 Å². The van der Waals surface area contributed by atoms with Crippen LogP contribution < -0.4 is 11.1 Å². The molecule has 1 aliphatic rings. The minimum atomic E-state index is -0.313. The van der Waals surface area contributed by atoms with Gasteiger partial charge in [0.15, 0.2) is 0 Å². The lowest BCUT2D eigenvalue weighted by atomic mass is 9.98. The highest BCUT2D eigenvalue weighted by Gasteiger charge is 2.25. The van der Waals surface area contributed by atoms with Gasteiger partial charge >= 0.3 is 0 Å². The van der Waals surface area contributed by atoms with Crippen molar-refractivity contribution in [1.82, 2.24) is 0 Å². The van der Waals surface area contributed by atoms with Crippen molar-refractivity contribution >= 4 is 11.6 Å². The van der Waals surface area contributed by atoms with Crippen molar-refractivity contribution in [1.29, 1.82) is 0 Å². The Labute approximate surface area is 87.4 Å². The van der Waals surface area contributed by atoms with E-state index in [0.717, 1.165) is 11.1 Å². The molecule has 2 rings (SSSR count). The first kappa shape index (κ1) is 9.73. The Bertz CT molecular complexity index is 440. The molecule has 0 fully saturated rings. The van der Waals surface area contributed by atoms with Crippen LogP contribution in [0.4, 0.5) is 5.69 Å². The first-order chi connectivity index (χ1) is 7.13. The third-order valence-corrected chi connectivity index (χ3v) is 2.54. The average Bonchev–Trinajstić information content (AvgIpc) is 2.60. The molecule has 4 nitrogen and oxygen atoms in total. The van der Waals surface area contributed by atoms with E-state index in [1.165, 1.54) is 6.07 Å². The number of carbonyl (C=O) groups excluding carboxylic acids is 1. The molecule has 1 unspecified atom stereocenters. The van der Waals surface area contributed by atoms with Crippen LogP contribution in [0.3, 0.4) is 0 Å². The minimum absolute atomic E-state index is 0.0795. The molecule has 0 aromatic heterocycles. The van der Waals surface area contributed by atoms with Crippen molar-refractivity contribution < 1.29 is 9.90 Å². The van der Waals surface area contributed by atoms with E-state index in [4.69, 9.17) is 5.73 Å². The van der Waals surface area contributed by atoms with Gasteiger partial charge < -0.3 is 16.2 Å². The molecule has 0 saturated heterocycles. The third kappa shape index (κ3) is 1.49. The Hall–Kier alpha value is -1.81. The number of phenols is 1. The normalized spacial score (nSPS) is 15.7. The summed E-state index contributed by atoms with van der Waals surface area (Å²) < 4.78 is 0. The fourth-order valence-electron chi connectivity index (χ4n) is 1.76. The molecule has 1 aliphatic heterocycles. The molecular formula is C11H12N2O2. The molecule has 78 valence electrons. The predicted octanol–water partition coefficient (Wildman–Crippen LogP) is 1.07. The van der Waals surface area contributed by atoms with Crippen LogP contribution in [-0.4, -0.2) is 11.0 Å². The summed E-state index contributed by atoms with van der Waals surface area (Å²) in [5.41, 5.74) is 7.91. The SMILES string of the molecule is C=CC(N)c1ccc(O)c2c1CC(=O)N2. The molecule has 1 atom stereocenters. The van der Waals surface area contributed by atoms with Gasteiger partial charge in [0.05, 0.1) is 12.1 Å². The summed E-state index contributed by atoms with van der Waals surface area (Å²) in [6, 6.07) is 2.94. The molecule has 15 heavy (non-hydrogen) atoms. The van der Waals surface area contributed by atoms with Crippen LogP contribution in [0, 0.1) is 0 Å². The quantitative estimate of drug-likeness (QED) is 0.498. The van der Waals surface area contributed by atoms with E-state index in [-0.39, 0.29) is 24.1 Å². The highest BCUT2D eigenvalue weighted by atomic mass is 16.3. The second-order valence-electron chi connectivity index (χ2n) is 3.51. The summed E-state index contributed by atoms with van der Waals surface area (Å²) in [4.78, 5) is 11.2. The zero-order valence-electron chi connectivity index (χ0n) is 8.16. The van der Waals surface area contributed by atoms with Gasteiger partial charge in [0, 0.05) is 6.04 Å². The maximum Gasteiger partial charge on any atom is 0.228 e. The number of carbonyl (C=O) groups is 1. The molecule has 0 radical (unpaired) electrons. The molecule has 1 heterocycles. The molecule has 0 spiro atoms. The number of phenolic OH excluding ortho intramolecular Hbond substituents is 1. The van der Waals surface area contributed by atoms with E-state index in [1.54, 1.807) is 12.1 Å². The summed E-state index contributed by atoms with van der Waals surface area (Å²) in [6.45, 7) is 3.61. The largest absolute Gasteiger partial charge is 0.506 e. The lowest BCUT2D eigenvalue weighted by Gasteiger charge is -2.12. The fourth-order valence-corrected chi connectivity index (χ4v) is 1.76. The Kier molecular flexibility index (Phi) is 2.21. The molecular weight excluding hydrogens is 192 g/mol. The number of nitrogens with one attached hydrogen (secondary N) is 1. The predicted molar refractivity (Wildman–Crippen MR) is 57.6 cm³/mol. The summed E-state index contributed by atoms with van der Waals surface area (Å²) in [6.07, 6.45) is 1.87. The van der Waals surface area contributed by atoms with Crippen molar-refractivity contribution in [2.24, 2.45) is 5.73 Å². The standard InChI is InChI=1S/C11H12N2O2/c1-2-8(12)6-3-4-9(14)11-7(6)5-10(15)13-11/h2-4,8,14H,1,5,12H2,(H,13,15). The highest BCUT2D eigenvalue weighted by molar-refractivity contribution is 6.01. The molecule has 1 aromatic rings. The third-order valence-electron chi connectivity index (χ3n) is 2.54. The van der Waals surface area contributed by atoms with Gasteiger partial charge in [0.1, 0.15) is 5.75 Å². The number of aromatic hydroxyl groups is 1. The van der Waals surface area contributed by atoms with Crippen LogP contribution in [-0.2, 0) is 11.2 Å². The number of rotatable bonds is 2. The van der Waals surface area contributed by atoms with Crippen LogP contribution in [0.25, 0.3) is 0 Å². The Balaban J connectivity index is 2.56. The van der Waals surface area contributed by atoms with Crippen LogP contribution in [0.1, 0.15) is 17.2 Å². The maximum absolute atomic E-state index is 11.2. The fraction of sp³-hybridized carbons (Fsp3) is 0.182.